The van der Waals surface area contributed by atoms with Crippen molar-refractivity contribution in [1.29, 1.82) is 0 Å². The fourth-order valence-corrected chi connectivity index (χ4v) is 3.61. The molecule has 6 heteroatoms. The van der Waals surface area contributed by atoms with E-state index in [0.717, 1.165) is 55.5 Å². The number of fused-ring (bicyclic) bond motifs is 2. The first-order valence-electron chi connectivity index (χ1n) is 8.25. The van der Waals surface area contributed by atoms with Crippen LogP contribution in [0, 0.1) is 13.8 Å². The topological polar surface area (TPSA) is 68.5 Å². The zero-order valence-corrected chi connectivity index (χ0v) is 13.3. The fraction of sp³-hybridized carbons (Fsp3) is 0.625. The van der Waals surface area contributed by atoms with E-state index < -0.39 is 0 Å². The molecule has 0 bridgehead atoms. The molecule has 2 aromatic rings. The lowest BCUT2D eigenvalue weighted by Gasteiger charge is -2.26. The highest BCUT2D eigenvalue weighted by atomic mass is 15.4. The lowest BCUT2D eigenvalue weighted by Crippen LogP contribution is -2.24. The number of hydrogen-bond acceptors (Lipinski definition) is 5. The number of hydrogen-bond donors (Lipinski definition) is 1. The molecule has 116 valence electrons. The van der Waals surface area contributed by atoms with Crippen molar-refractivity contribution < 1.29 is 0 Å². The molecule has 0 saturated heterocycles. The van der Waals surface area contributed by atoms with Crippen molar-refractivity contribution >= 4 is 5.82 Å². The molecule has 2 aromatic heterocycles. The number of anilines is 1. The summed E-state index contributed by atoms with van der Waals surface area (Å²) in [4.78, 5) is 13.9. The summed E-state index contributed by atoms with van der Waals surface area (Å²) < 4.78 is 2.04. The molecule has 0 saturated carbocycles. The van der Waals surface area contributed by atoms with Gasteiger partial charge < -0.3 is 5.32 Å². The third-order valence-electron chi connectivity index (χ3n) is 4.59. The van der Waals surface area contributed by atoms with Crippen LogP contribution in [0.15, 0.2) is 0 Å². The van der Waals surface area contributed by atoms with Gasteiger partial charge in [-0.2, -0.15) is 5.10 Å². The molecule has 0 aromatic carbocycles. The Morgan fingerprint density at radius 3 is 2.77 bits per heavy atom. The molecule has 1 N–H and O–H groups in total. The fourth-order valence-electron chi connectivity index (χ4n) is 3.61. The number of rotatable bonds is 2. The Hall–Kier alpha value is -1.98. The van der Waals surface area contributed by atoms with E-state index in [1.165, 1.54) is 24.1 Å². The molecule has 0 spiro atoms. The standard InChI is InChI=1S/C16H22N6/c1-10-17-13-7-4-3-6-12(13)15(18-10)20-14-8-5-9-22-16(14)19-11(2)21-22/h14H,3-9H2,1-2H3,(H,17,18,20). The maximum Gasteiger partial charge on any atom is 0.149 e. The first kappa shape index (κ1) is 13.7. The van der Waals surface area contributed by atoms with Crippen LogP contribution >= 0.6 is 0 Å². The van der Waals surface area contributed by atoms with Crippen LogP contribution in [0.25, 0.3) is 0 Å². The van der Waals surface area contributed by atoms with Crippen molar-refractivity contribution in [2.75, 3.05) is 5.32 Å². The predicted octanol–water partition coefficient (Wildman–Crippen LogP) is 2.51. The van der Waals surface area contributed by atoms with Gasteiger partial charge >= 0.3 is 0 Å². The van der Waals surface area contributed by atoms with Gasteiger partial charge in [0.05, 0.1) is 6.04 Å². The molecule has 1 aliphatic heterocycles. The molecule has 1 unspecified atom stereocenters. The number of aryl methyl sites for hydroxylation is 4. The van der Waals surface area contributed by atoms with Gasteiger partial charge in [-0.15, -0.1) is 0 Å². The van der Waals surface area contributed by atoms with Crippen molar-refractivity contribution in [3.63, 3.8) is 0 Å². The minimum absolute atomic E-state index is 0.204. The Bertz CT molecular complexity index is 705. The third kappa shape index (κ3) is 2.36. The molecule has 2 aliphatic rings. The Labute approximate surface area is 130 Å². The first-order valence-corrected chi connectivity index (χ1v) is 8.25. The van der Waals surface area contributed by atoms with Crippen LogP contribution in [-0.2, 0) is 19.4 Å². The van der Waals surface area contributed by atoms with Crippen molar-refractivity contribution in [2.24, 2.45) is 0 Å². The summed E-state index contributed by atoms with van der Waals surface area (Å²) in [5.74, 6) is 3.77. The van der Waals surface area contributed by atoms with Crippen molar-refractivity contribution in [1.82, 2.24) is 24.7 Å². The Kier molecular flexibility index (Phi) is 3.32. The summed E-state index contributed by atoms with van der Waals surface area (Å²) in [5, 5.41) is 8.13. The molecule has 1 aliphatic carbocycles. The molecule has 3 heterocycles. The van der Waals surface area contributed by atoms with E-state index in [0.29, 0.717) is 0 Å². The largest absolute Gasteiger partial charge is 0.360 e. The van der Waals surface area contributed by atoms with E-state index in [1.54, 1.807) is 0 Å². The smallest absolute Gasteiger partial charge is 0.149 e. The Morgan fingerprint density at radius 2 is 1.86 bits per heavy atom. The number of nitrogens with one attached hydrogen (secondary N) is 1. The normalized spacial score (nSPS) is 20.4. The summed E-state index contributed by atoms with van der Waals surface area (Å²) in [6, 6.07) is 0.204. The minimum Gasteiger partial charge on any atom is -0.360 e. The maximum absolute atomic E-state index is 4.68. The summed E-state index contributed by atoms with van der Waals surface area (Å²) in [5.41, 5.74) is 2.54. The van der Waals surface area contributed by atoms with Gasteiger partial charge in [0.25, 0.3) is 0 Å². The summed E-state index contributed by atoms with van der Waals surface area (Å²) in [6.07, 6.45) is 6.83. The summed E-state index contributed by atoms with van der Waals surface area (Å²) in [6.45, 7) is 4.90. The highest BCUT2D eigenvalue weighted by Gasteiger charge is 2.26. The molecule has 0 fully saturated rings. The number of nitrogens with zero attached hydrogens (tertiary/aromatic N) is 5. The Balaban J connectivity index is 1.68. The molecule has 0 radical (unpaired) electrons. The highest BCUT2D eigenvalue weighted by Crippen LogP contribution is 2.31. The molecule has 1 atom stereocenters. The van der Waals surface area contributed by atoms with Gasteiger partial charge in [-0.05, 0) is 52.4 Å². The van der Waals surface area contributed by atoms with Gasteiger partial charge in [0.2, 0.25) is 0 Å². The molecular formula is C16H22N6. The highest BCUT2D eigenvalue weighted by molar-refractivity contribution is 5.49. The lowest BCUT2D eigenvalue weighted by atomic mass is 9.96. The van der Waals surface area contributed by atoms with Crippen LogP contribution in [0.5, 0.6) is 0 Å². The molecule has 4 rings (SSSR count). The van der Waals surface area contributed by atoms with Gasteiger partial charge in [-0.1, -0.05) is 0 Å². The lowest BCUT2D eigenvalue weighted by molar-refractivity contribution is 0.436. The second-order valence-corrected chi connectivity index (χ2v) is 6.33. The molecule has 6 nitrogen and oxygen atoms in total. The summed E-state index contributed by atoms with van der Waals surface area (Å²) in [7, 11) is 0. The van der Waals surface area contributed by atoms with Gasteiger partial charge in [0.15, 0.2) is 0 Å². The van der Waals surface area contributed by atoms with Crippen molar-refractivity contribution in [2.45, 2.75) is 65.0 Å². The van der Waals surface area contributed by atoms with Crippen LogP contribution < -0.4 is 5.32 Å². The maximum atomic E-state index is 4.68. The van der Waals surface area contributed by atoms with E-state index in [2.05, 4.69) is 25.4 Å². The predicted molar refractivity (Wildman–Crippen MR) is 83.8 cm³/mol. The van der Waals surface area contributed by atoms with E-state index in [4.69, 9.17) is 0 Å². The van der Waals surface area contributed by atoms with Crippen LogP contribution in [0.2, 0.25) is 0 Å². The van der Waals surface area contributed by atoms with Crippen LogP contribution in [0.4, 0.5) is 5.82 Å². The molecular weight excluding hydrogens is 276 g/mol. The second-order valence-electron chi connectivity index (χ2n) is 6.33. The number of aromatic nitrogens is 5. The summed E-state index contributed by atoms with van der Waals surface area (Å²) >= 11 is 0. The van der Waals surface area contributed by atoms with Crippen molar-refractivity contribution in [3.05, 3.63) is 28.7 Å². The van der Waals surface area contributed by atoms with E-state index in [1.807, 2.05) is 18.5 Å². The Morgan fingerprint density at radius 1 is 1.00 bits per heavy atom. The van der Waals surface area contributed by atoms with E-state index >= 15 is 0 Å². The molecule has 0 amide bonds. The quantitative estimate of drug-likeness (QED) is 0.922. The van der Waals surface area contributed by atoms with Crippen LogP contribution in [-0.4, -0.2) is 24.7 Å². The first-order chi connectivity index (χ1) is 10.7. The van der Waals surface area contributed by atoms with Crippen molar-refractivity contribution in [3.8, 4) is 0 Å². The zero-order valence-electron chi connectivity index (χ0n) is 13.3. The molecule has 22 heavy (non-hydrogen) atoms. The van der Waals surface area contributed by atoms with E-state index in [9.17, 15) is 0 Å². The third-order valence-corrected chi connectivity index (χ3v) is 4.59. The van der Waals surface area contributed by atoms with E-state index in [-0.39, 0.29) is 6.04 Å². The average Bonchev–Trinajstić information content (AvgIpc) is 2.88. The van der Waals surface area contributed by atoms with Gasteiger partial charge in [-0.3, -0.25) is 0 Å². The van der Waals surface area contributed by atoms with Crippen LogP contribution in [0.3, 0.4) is 0 Å². The zero-order chi connectivity index (χ0) is 15.1. The monoisotopic (exact) mass is 298 g/mol. The van der Waals surface area contributed by atoms with Gasteiger partial charge in [0, 0.05) is 17.8 Å². The van der Waals surface area contributed by atoms with Crippen LogP contribution in [0.1, 0.15) is 60.5 Å². The second kappa shape index (κ2) is 5.34. The van der Waals surface area contributed by atoms with Gasteiger partial charge in [0.1, 0.15) is 23.3 Å². The average molecular weight is 298 g/mol. The minimum atomic E-state index is 0.204. The van der Waals surface area contributed by atoms with Gasteiger partial charge in [-0.25, -0.2) is 19.6 Å². The SMILES string of the molecule is Cc1nc2c(c(NC3CCCn4nc(C)nc43)n1)CCCC2.